The molecule has 0 atom stereocenters. The van der Waals surface area contributed by atoms with Gasteiger partial charge in [0.05, 0.1) is 11.3 Å². The van der Waals surface area contributed by atoms with Gasteiger partial charge in [-0.1, -0.05) is 6.07 Å². The Morgan fingerprint density at radius 3 is 2.61 bits per heavy atom. The van der Waals surface area contributed by atoms with E-state index < -0.39 is 11.9 Å². The van der Waals surface area contributed by atoms with Crippen molar-refractivity contribution in [3.63, 3.8) is 0 Å². The quantitative estimate of drug-likeness (QED) is 0.865. The molecular weight excluding hydrogens is 300 g/mol. The molecule has 5 nitrogen and oxygen atoms in total. The molecule has 1 fully saturated rings. The fourth-order valence-corrected chi connectivity index (χ4v) is 2.49. The van der Waals surface area contributed by atoms with E-state index in [1.807, 2.05) is 0 Å². The van der Waals surface area contributed by atoms with Crippen molar-refractivity contribution in [1.29, 1.82) is 0 Å². The van der Waals surface area contributed by atoms with Crippen molar-refractivity contribution in [3.05, 3.63) is 28.2 Å². The molecule has 2 rings (SSSR count). The molecule has 6 heteroatoms. The van der Waals surface area contributed by atoms with Crippen molar-refractivity contribution in [3.8, 4) is 0 Å². The minimum atomic E-state index is -0.919. The Balaban J connectivity index is 2.43. The van der Waals surface area contributed by atoms with Gasteiger partial charge in [-0.15, -0.1) is 0 Å². The summed E-state index contributed by atoms with van der Waals surface area (Å²) in [4.78, 5) is 24.1. The van der Waals surface area contributed by atoms with Crippen LogP contribution in [0.5, 0.6) is 0 Å². The monoisotopic (exact) mass is 312 g/mol. The molecule has 0 saturated heterocycles. The van der Waals surface area contributed by atoms with Gasteiger partial charge in [-0.05, 0) is 40.9 Å². The maximum atomic E-state index is 11.5. The highest BCUT2D eigenvalue weighted by Gasteiger charge is 2.32. The lowest BCUT2D eigenvalue weighted by Crippen LogP contribution is -2.33. The minimum Gasteiger partial charge on any atom is -0.480 e. The summed E-state index contributed by atoms with van der Waals surface area (Å²) in [6, 6.07) is 5.40. The maximum absolute atomic E-state index is 11.5. The van der Waals surface area contributed by atoms with Crippen LogP contribution in [0, 0.1) is 0 Å². The molecule has 1 amide bonds. The molecule has 0 spiro atoms. The highest BCUT2D eigenvalue weighted by atomic mass is 79.9. The summed E-state index contributed by atoms with van der Waals surface area (Å²) in [7, 11) is 0. The van der Waals surface area contributed by atoms with Gasteiger partial charge in [0.15, 0.2) is 0 Å². The number of anilines is 1. The Morgan fingerprint density at radius 1 is 1.44 bits per heavy atom. The molecule has 1 aliphatic carbocycles. The van der Waals surface area contributed by atoms with Gasteiger partial charge < -0.3 is 15.7 Å². The van der Waals surface area contributed by atoms with E-state index in [1.165, 1.54) is 0 Å². The van der Waals surface area contributed by atoms with Gasteiger partial charge in [0.25, 0.3) is 5.91 Å². The van der Waals surface area contributed by atoms with Gasteiger partial charge in [-0.2, -0.15) is 0 Å². The summed E-state index contributed by atoms with van der Waals surface area (Å²) >= 11 is 3.28. The lowest BCUT2D eigenvalue weighted by atomic mass is 10.1. The smallest absolute Gasteiger partial charge is 0.323 e. The van der Waals surface area contributed by atoms with Crippen LogP contribution in [0.2, 0.25) is 0 Å². The zero-order valence-electron chi connectivity index (χ0n) is 9.60. The summed E-state index contributed by atoms with van der Waals surface area (Å²) < 4.78 is 0.587. The van der Waals surface area contributed by atoms with E-state index in [9.17, 15) is 9.59 Å². The topological polar surface area (TPSA) is 83.6 Å². The third kappa shape index (κ3) is 2.64. The molecule has 1 saturated carbocycles. The van der Waals surface area contributed by atoms with Crippen LogP contribution in [-0.4, -0.2) is 29.6 Å². The number of hydrogen-bond acceptors (Lipinski definition) is 3. The predicted octanol–water partition coefficient (Wildman–Crippen LogP) is 1.60. The van der Waals surface area contributed by atoms with Crippen LogP contribution in [0.25, 0.3) is 0 Å². The molecule has 0 unspecified atom stereocenters. The largest absolute Gasteiger partial charge is 0.480 e. The van der Waals surface area contributed by atoms with Gasteiger partial charge in [-0.25, -0.2) is 0 Å². The van der Waals surface area contributed by atoms with E-state index in [4.69, 9.17) is 10.8 Å². The molecule has 18 heavy (non-hydrogen) atoms. The third-order valence-electron chi connectivity index (χ3n) is 2.84. The number of aliphatic carboxylic acids is 1. The number of carboxylic acids is 1. The molecular formula is C12H13BrN2O3. The Bertz CT molecular complexity index is 500. The normalized spacial score (nSPS) is 14.3. The van der Waals surface area contributed by atoms with Gasteiger partial charge in [0, 0.05) is 10.5 Å². The second-order valence-corrected chi connectivity index (χ2v) is 5.11. The Kier molecular flexibility index (Phi) is 3.56. The van der Waals surface area contributed by atoms with E-state index in [0.29, 0.717) is 15.7 Å². The minimum absolute atomic E-state index is 0.124. The number of halogens is 1. The molecule has 1 aromatic rings. The van der Waals surface area contributed by atoms with E-state index in [2.05, 4.69) is 15.9 Å². The Morgan fingerprint density at radius 2 is 2.11 bits per heavy atom. The fourth-order valence-electron chi connectivity index (χ4n) is 1.94. The molecule has 0 heterocycles. The van der Waals surface area contributed by atoms with Crippen LogP contribution in [-0.2, 0) is 4.79 Å². The lowest BCUT2D eigenvalue weighted by Gasteiger charge is -2.25. The number of primary amides is 1. The molecule has 1 aliphatic rings. The molecule has 0 aromatic heterocycles. The Labute approximate surface area is 113 Å². The average molecular weight is 313 g/mol. The standard InChI is InChI=1S/C12H13BrN2O3/c13-8-2-1-3-9(11(8)12(14)18)15(6-10(16)17)7-4-5-7/h1-3,7H,4-6H2,(H2,14,18)(H,16,17). The van der Waals surface area contributed by atoms with Gasteiger partial charge in [0.1, 0.15) is 6.54 Å². The van der Waals surface area contributed by atoms with E-state index in [-0.39, 0.29) is 12.6 Å². The summed E-state index contributed by atoms with van der Waals surface area (Å²) in [5.41, 5.74) is 6.29. The number of benzene rings is 1. The highest BCUT2D eigenvalue weighted by Crippen LogP contribution is 2.35. The van der Waals surface area contributed by atoms with Crippen LogP contribution < -0.4 is 10.6 Å². The first-order valence-electron chi connectivity index (χ1n) is 5.57. The fraction of sp³-hybridized carbons (Fsp3) is 0.333. The van der Waals surface area contributed by atoms with E-state index >= 15 is 0 Å². The molecule has 3 N–H and O–H groups in total. The number of rotatable bonds is 5. The van der Waals surface area contributed by atoms with E-state index in [1.54, 1.807) is 23.1 Å². The average Bonchev–Trinajstić information content (AvgIpc) is 3.08. The summed E-state index contributed by atoms with van der Waals surface area (Å²) in [5, 5.41) is 8.95. The zero-order valence-corrected chi connectivity index (χ0v) is 11.2. The number of carbonyl (C=O) groups excluding carboxylic acids is 1. The van der Waals surface area contributed by atoms with Crippen molar-refractivity contribution in [2.75, 3.05) is 11.4 Å². The maximum Gasteiger partial charge on any atom is 0.323 e. The number of carboxylic acid groups (broad SMARTS) is 1. The first-order chi connectivity index (χ1) is 8.50. The number of carbonyl (C=O) groups is 2. The summed E-state index contributed by atoms with van der Waals surface area (Å²) in [6.07, 6.45) is 1.88. The van der Waals surface area contributed by atoms with Crippen LogP contribution in [0.3, 0.4) is 0 Å². The third-order valence-corrected chi connectivity index (χ3v) is 3.50. The van der Waals surface area contributed by atoms with Crippen molar-refractivity contribution < 1.29 is 14.7 Å². The van der Waals surface area contributed by atoms with Gasteiger partial charge in [0.2, 0.25) is 0 Å². The van der Waals surface area contributed by atoms with Crippen molar-refractivity contribution in [1.82, 2.24) is 0 Å². The van der Waals surface area contributed by atoms with Crippen molar-refractivity contribution in [2.45, 2.75) is 18.9 Å². The molecule has 0 radical (unpaired) electrons. The van der Waals surface area contributed by atoms with Crippen LogP contribution in [0.4, 0.5) is 5.69 Å². The zero-order chi connectivity index (χ0) is 13.3. The summed E-state index contributed by atoms with van der Waals surface area (Å²) in [6.45, 7) is -0.124. The number of amides is 1. The van der Waals surface area contributed by atoms with Crippen molar-refractivity contribution >= 4 is 33.5 Å². The SMILES string of the molecule is NC(=O)c1c(Br)cccc1N(CC(=O)O)C1CC1. The van der Waals surface area contributed by atoms with Gasteiger partial charge in [-0.3, -0.25) is 9.59 Å². The molecule has 1 aromatic carbocycles. The number of nitrogens with zero attached hydrogens (tertiary/aromatic N) is 1. The highest BCUT2D eigenvalue weighted by molar-refractivity contribution is 9.10. The second-order valence-electron chi connectivity index (χ2n) is 4.25. The number of nitrogens with two attached hydrogens (primary N) is 1. The second kappa shape index (κ2) is 4.97. The Hall–Kier alpha value is -1.56. The van der Waals surface area contributed by atoms with Crippen LogP contribution in [0.1, 0.15) is 23.2 Å². The van der Waals surface area contributed by atoms with E-state index in [0.717, 1.165) is 12.8 Å². The molecule has 96 valence electrons. The first kappa shape index (κ1) is 12.9. The molecule has 0 bridgehead atoms. The lowest BCUT2D eigenvalue weighted by molar-refractivity contribution is -0.135. The van der Waals surface area contributed by atoms with Crippen LogP contribution in [0.15, 0.2) is 22.7 Å². The predicted molar refractivity (Wildman–Crippen MR) is 70.7 cm³/mol. The number of hydrogen-bond donors (Lipinski definition) is 2. The van der Waals surface area contributed by atoms with Crippen molar-refractivity contribution in [2.24, 2.45) is 5.73 Å². The van der Waals surface area contributed by atoms with Gasteiger partial charge >= 0.3 is 5.97 Å². The molecule has 0 aliphatic heterocycles. The summed E-state index contributed by atoms with van der Waals surface area (Å²) in [5.74, 6) is -1.48. The van der Waals surface area contributed by atoms with Crippen LogP contribution >= 0.6 is 15.9 Å². The first-order valence-corrected chi connectivity index (χ1v) is 6.36.